The van der Waals surface area contributed by atoms with Crippen LogP contribution < -0.4 is 4.74 Å². The van der Waals surface area contributed by atoms with Crippen molar-refractivity contribution in [2.24, 2.45) is 4.99 Å². The van der Waals surface area contributed by atoms with E-state index in [9.17, 15) is 28.4 Å². The van der Waals surface area contributed by atoms with Crippen molar-refractivity contribution in [1.29, 1.82) is 0 Å². The van der Waals surface area contributed by atoms with Crippen LogP contribution in [0.5, 0.6) is 5.75 Å². The number of carbonyl (C=O) groups is 1. The molecule has 3 unspecified atom stereocenters. The Balaban J connectivity index is 2.08. The number of aliphatic hydroxyl groups excluding tert-OH is 1. The number of sulfone groups is 1. The number of carbonyl (C=O) groups excluding carboxylic acids is 1. The summed E-state index contributed by atoms with van der Waals surface area (Å²) in [6, 6.07) is 11.2. The second-order valence-electron chi connectivity index (χ2n) is 7.30. The number of esters is 1. The number of benzene rings is 2. The molecule has 0 saturated carbocycles. The highest BCUT2D eigenvalue weighted by Gasteiger charge is 2.51. The van der Waals surface area contributed by atoms with Gasteiger partial charge >= 0.3 is 5.97 Å². The van der Waals surface area contributed by atoms with Crippen molar-refractivity contribution in [2.75, 3.05) is 14.2 Å². The van der Waals surface area contributed by atoms with Crippen LogP contribution >= 0.6 is 0 Å². The summed E-state index contributed by atoms with van der Waals surface area (Å²) in [5.74, 6) is -0.781. The number of rotatable bonds is 9. The van der Waals surface area contributed by atoms with Crippen molar-refractivity contribution in [3.63, 3.8) is 0 Å². The van der Waals surface area contributed by atoms with E-state index in [4.69, 9.17) is 9.47 Å². The van der Waals surface area contributed by atoms with Gasteiger partial charge in [0.2, 0.25) is 0 Å². The first-order valence-corrected chi connectivity index (χ1v) is 11.3. The molecule has 1 N–H and O–H groups in total. The van der Waals surface area contributed by atoms with Gasteiger partial charge in [-0.05, 0) is 30.3 Å². The largest absolute Gasteiger partial charge is 0.497 e. The number of hydrogen-bond donors (Lipinski definition) is 1. The molecular formula is C22H22N2O8S. The molecule has 0 spiro atoms. The summed E-state index contributed by atoms with van der Waals surface area (Å²) in [7, 11) is -2.03. The number of allylic oxidation sites excluding steroid dienone is 1. The van der Waals surface area contributed by atoms with Crippen molar-refractivity contribution in [3.8, 4) is 5.75 Å². The molecular weight excluding hydrogens is 452 g/mol. The minimum absolute atomic E-state index is 0.216. The van der Waals surface area contributed by atoms with Crippen LogP contribution in [0.15, 0.2) is 70.6 Å². The average Bonchev–Trinajstić information content (AvgIpc) is 3.28. The molecule has 11 heteroatoms. The van der Waals surface area contributed by atoms with Crippen LogP contribution in [0.1, 0.15) is 5.56 Å². The summed E-state index contributed by atoms with van der Waals surface area (Å²) in [6.07, 6.45) is 2.11. The molecule has 0 bridgehead atoms. The normalized spacial score (nSPS) is 19.1. The van der Waals surface area contributed by atoms with E-state index in [0.29, 0.717) is 5.75 Å². The molecule has 33 heavy (non-hydrogen) atoms. The molecule has 0 radical (unpaired) electrons. The van der Waals surface area contributed by atoms with E-state index in [-0.39, 0.29) is 22.6 Å². The molecule has 0 fully saturated rings. The van der Waals surface area contributed by atoms with Gasteiger partial charge in [0.25, 0.3) is 5.69 Å². The number of nitro benzene ring substituents is 1. The van der Waals surface area contributed by atoms with Crippen molar-refractivity contribution in [3.05, 3.63) is 76.4 Å². The van der Waals surface area contributed by atoms with E-state index in [1.54, 1.807) is 6.07 Å². The van der Waals surface area contributed by atoms with Crippen molar-refractivity contribution >= 4 is 27.7 Å². The monoisotopic (exact) mass is 474 g/mol. The second kappa shape index (κ2) is 9.51. The number of nitro groups is 1. The minimum atomic E-state index is -4.45. The number of aliphatic imine (C=N–C) groups is 1. The average molecular weight is 474 g/mol. The van der Waals surface area contributed by atoms with Crippen LogP contribution in [0.4, 0.5) is 5.69 Å². The number of hydrogen-bond acceptors (Lipinski definition) is 9. The standard InChI is InChI=1S/C22H22N2O8S/c1-31-16-8-10-17(11-9-16)33(29,30)19(21(26)32-2)20(25)22(12-5-13-23-22)14-15-6-3-4-7-18(15)24(27)28/h3-13,19-20,25H,14H2,1-2H3. The first-order chi connectivity index (χ1) is 15.7. The number of aliphatic hydroxyl groups is 1. The lowest BCUT2D eigenvalue weighted by atomic mass is 9.84. The lowest BCUT2D eigenvalue weighted by Gasteiger charge is -2.33. The fraction of sp³-hybridized carbons (Fsp3) is 0.273. The highest BCUT2D eigenvalue weighted by atomic mass is 32.2. The Morgan fingerprint density at radius 3 is 2.39 bits per heavy atom. The maximum absolute atomic E-state index is 13.4. The lowest BCUT2D eigenvalue weighted by molar-refractivity contribution is -0.385. The molecule has 0 aliphatic carbocycles. The zero-order valence-electron chi connectivity index (χ0n) is 17.8. The third-order valence-corrected chi connectivity index (χ3v) is 7.45. The molecule has 10 nitrogen and oxygen atoms in total. The first kappa shape index (κ1) is 24.1. The Labute approximate surface area is 190 Å². The smallest absolute Gasteiger partial charge is 0.327 e. The van der Waals surface area contributed by atoms with Gasteiger partial charge in [-0.2, -0.15) is 0 Å². The first-order valence-electron chi connectivity index (χ1n) is 9.75. The van der Waals surface area contributed by atoms with Gasteiger partial charge in [-0.1, -0.05) is 24.3 Å². The van der Waals surface area contributed by atoms with Crippen molar-refractivity contribution in [2.45, 2.75) is 28.2 Å². The van der Waals surface area contributed by atoms with Gasteiger partial charge in [0.05, 0.1) is 24.0 Å². The molecule has 1 aliphatic heterocycles. The molecule has 3 atom stereocenters. The van der Waals surface area contributed by atoms with E-state index in [2.05, 4.69) is 4.99 Å². The third-order valence-electron chi connectivity index (χ3n) is 5.40. The summed E-state index contributed by atoms with van der Waals surface area (Å²) in [6.45, 7) is 0. The molecule has 2 aromatic rings. The maximum atomic E-state index is 13.4. The number of nitrogens with zero attached hydrogens (tertiary/aromatic N) is 2. The van der Waals surface area contributed by atoms with Crippen molar-refractivity contribution in [1.82, 2.24) is 0 Å². The summed E-state index contributed by atoms with van der Waals surface area (Å²) in [4.78, 5) is 27.5. The second-order valence-corrected chi connectivity index (χ2v) is 9.37. The number of para-hydroxylation sites is 1. The lowest BCUT2D eigenvalue weighted by Crippen LogP contribution is -2.53. The Morgan fingerprint density at radius 2 is 1.85 bits per heavy atom. The van der Waals surface area contributed by atoms with Crippen LogP contribution in [0.3, 0.4) is 0 Å². The highest BCUT2D eigenvalue weighted by molar-refractivity contribution is 7.92. The Hall–Kier alpha value is -3.57. The van der Waals surface area contributed by atoms with Gasteiger partial charge in [0, 0.05) is 24.3 Å². The van der Waals surface area contributed by atoms with E-state index >= 15 is 0 Å². The van der Waals surface area contributed by atoms with Gasteiger partial charge < -0.3 is 14.6 Å². The van der Waals surface area contributed by atoms with E-state index in [1.165, 1.54) is 67.9 Å². The molecule has 1 aliphatic rings. The predicted molar refractivity (Wildman–Crippen MR) is 119 cm³/mol. The summed E-state index contributed by atoms with van der Waals surface area (Å²) in [5, 5.41) is 20.7. The van der Waals surface area contributed by atoms with Gasteiger partial charge in [-0.3, -0.25) is 19.9 Å². The van der Waals surface area contributed by atoms with Crippen LogP contribution in [0, 0.1) is 10.1 Å². The van der Waals surface area contributed by atoms with Gasteiger partial charge in [0.1, 0.15) is 17.4 Å². The van der Waals surface area contributed by atoms with Crippen LogP contribution in [0.25, 0.3) is 0 Å². The quantitative estimate of drug-likeness (QED) is 0.329. The number of ether oxygens (including phenoxy) is 2. The Morgan fingerprint density at radius 1 is 1.18 bits per heavy atom. The van der Waals surface area contributed by atoms with Crippen LogP contribution in [-0.2, 0) is 25.8 Å². The topological polar surface area (TPSA) is 145 Å². The fourth-order valence-electron chi connectivity index (χ4n) is 3.68. The fourth-order valence-corrected chi connectivity index (χ4v) is 5.41. The van der Waals surface area contributed by atoms with E-state index < -0.39 is 37.6 Å². The molecule has 0 aromatic heterocycles. The molecule has 1 heterocycles. The number of methoxy groups -OCH3 is 2. The van der Waals surface area contributed by atoms with Crippen molar-refractivity contribution < 1.29 is 32.7 Å². The molecule has 3 rings (SSSR count). The maximum Gasteiger partial charge on any atom is 0.327 e. The van der Waals surface area contributed by atoms with E-state index in [1.807, 2.05) is 0 Å². The van der Waals surface area contributed by atoms with Crippen LogP contribution in [0.2, 0.25) is 0 Å². The predicted octanol–water partition coefficient (Wildman–Crippen LogP) is 1.90. The Bertz CT molecular complexity index is 1190. The molecule has 174 valence electrons. The molecule has 0 amide bonds. The van der Waals surface area contributed by atoms with Gasteiger partial charge in [-0.25, -0.2) is 8.42 Å². The van der Waals surface area contributed by atoms with E-state index in [0.717, 1.165) is 7.11 Å². The summed E-state index contributed by atoms with van der Waals surface area (Å²) < 4.78 is 36.6. The summed E-state index contributed by atoms with van der Waals surface area (Å²) >= 11 is 0. The molecule has 0 saturated heterocycles. The summed E-state index contributed by atoms with van der Waals surface area (Å²) in [5.41, 5.74) is -1.65. The SMILES string of the molecule is COC(=O)C(C(O)C1(Cc2ccccc2[N+](=O)[O-])C=CC=N1)S(=O)(=O)c1ccc(OC)cc1. The van der Waals surface area contributed by atoms with Crippen LogP contribution in [-0.4, -0.2) is 61.7 Å². The minimum Gasteiger partial charge on any atom is -0.497 e. The third kappa shape index (κ3) is 4.64. The molecule has 2 aromatic carbocycles. The van der Waals surface area contributed by atoms with Gasteiger partial charge in [-0.15, -0.1) is 0 Å². The zero-order valence-corrected chi connectivity index (χ0v) is 18.6. The Kier molecular flexibility index (Phi) is 6.94. The highest BCUT2D eigenvalue weighted by Crippen LogP contribution is 2.35. The zero-order chi connectivity index (χ0) is 24.2. The van der Waals surface area contributed by atoms with Gasteiger partial charge in [0.15, 0.2) is 15.1 Å².